The summed E-state index contributed by atoms with van der Waals surface area (Å²) in [7, 11) is 0. The van der Waals surface area contributed by atoms with Crippen LogP contribution in [0.15, 0.2) is 78.4 Å². The third kappa shape index (κ3) is 3.02. The molecule has 3 aromatic carbocycles. The lowest BCUT2D eigenvalue weighted by Crippen LogP contribution is -2.18. The maximum atomic E-state index is 12.7. The molecule has 0 amide bonds. The third-order valence-electron chi connectivity index (χ3n) is 4.90. The molecule has 0 saturated heterocycles. The summed E-state index contributed by atoms with van der Waals surface area (Å²) in [5.41, 5.74) is 3.85. The molecule has 0 bridgehead atoms. The Bertz CT molecular complexity index is 1050. The van der Waals surface area contributed by atoms with Crippen LogP contribution in [-0.4, -0.2) is 10.9 Å². The van der Waals surface area contributed by atoms with Crippen LogP contribution >= 0.6 is 0 Å². The first-order valence-corrected chi connectivity index (χ1v) is 8.93. The highest BCUT2D eigenvalue weighted by molar-refractivity contribution is 6.02. The van der Waals surface area contributed by atoms with Crippen molar-refractivity contribution in [1.29, 1.82) is 0 Å². The average molecular weight is 356 g/mol. The second kappa shape index (κ2) is 6.76. The van der Waals surface area contributed by atoms with Gasteiger partial charge in [-0.2, -0.15) is 0 Å². The number of fused-ring (bicyclic) bond motifs is 2. The molecule has 1 heterocycles. The number of aryl methyl sites for hydroxylation is 1. The van der Waals surface area contributed by atoms with Crippen LogP contribution in [0.4, 0.5) is 0 Å². The van der Waals surface area contributed by atoms with Crippen LogP contribution in [0.5, 0.6) is 11.5 Å². The van der Waals surface area contributed by atoms with E-state index in [1.54, 1.807) is 12.1 Å². The van der Waals surface area contributed by atoms with E-state index in [1.807, 2.05) is 67.6 Å². The van der Waals surface area contributed by atoms with Gasteiger partial charge < -0.3 is 9.84 Å². The molecule has 134 valence electrons. The predicted molar refractivity (Wildman–Crippen MR) is 106 cm³/mol. The quantitative estimate of drug-likeness (QED) is 0.477. The molecule has 0 radical (unpaired) electrons. The monoisotopic (exact) mass is 356 g/mol. The molecular formula is C24H20O3. The Balaban J connectivity index is 2.01. The van der Waals surface area contributed by atoms with Crippen molar-refractivity contribution in [3.05, 3.63) is 101 Å². The van der Waals surface area contributed by atoms with Gasteiger partial charge in [0.1, 0.15) is 17.3 Å². The number of para-hydroxylation sites is 1. The van der Waals surface area contributed by atoms with E-state index in [2.05, 4.69) is 0 Å². The van der Waals surface area contributed by atoms with Gasteiger partial charge in [-0.15, -0.1) is 0 Å². The Morgan fingerprint density at radius 3 is 2.30 bits per heavy atom. The summed E-state index contributed by atoms with van der Waals surface area (Å²) in [5, 5.41) is 11.0. The van der Waals surface area contributed by atoms with Crippen molar-refractivity contribution < 1.29 is 14.6 Å². The molecule has 3 heteroatoms. The number of hydrogen-bond acceptors (Lipinski definition) is 3. The Morgan fingerprint density at radius 2 is 1.56 bits per heavy atom. The minimum atomic E-state index is -0.387. The number of allylic oxidation sites excluding steroid dienone is 1. The first-order chi connectivity index (χ1) is 13.1. The number of hydrogen-bond donors (Lipinski definition) is 1. The summed E-state index contributed by atoms with van der Waals surface area (Å²) >= 11 is 0. The van der Waals surface area contributed by atoms with E-state index in [0.29, 0.717) is 22.6 Å². The van der Waals surface area contributed by atoms with E-state index >= 15 is 0 Å². The van der Waals surface area contributed by atoms with Crippen molar-refractivity contribution in [2.24, 2.45) is 0 Å². The van der Waals surface area contributed by atoms with Gasteiger partial charge in [0, 0.05) is 28.2 Å². The van der Waals surface area contributed by atoms with E-state index in [9.17, 15) is 9.90 Å². The summed E-state index contributed by atoms with van der Waals surface area (Å²) in [6.07, 6.45) is 0. The van der Waals surface area contributed by atoms with Gasteiger partial charge in [0.15, 0.2) is 5.78 Å². The summed E-state index contributed by atoms with van der Waals surface area (Å²) < 4.78 is 6.06. The van der Waals surface area contributed by atoms with Crippen molar-refractivity contribution >= 4 is 11.5 Å². The van der Waals surface area contributed by atoms with Gasteiger partial charge in [-0.1, -0.05) is 66.2 Å². The molecule has 0 aromatic heterocycles. The molecule has 1 aliphatic rings. The zero-order chi connectivity index (χ0) is 19.0. The lowest BCUT2D eigenvalue weighted by molar-refractivity contribution is -0.113. The van der Waals surface area contributed by atoms with Crippen LogP contribution in [0.1, 0.15) is 35.1 Å². The molecular weight excluding hydrogens is 336 g/mol. The van der Waals surface area contributed by atoms with Crippen LogP contribution in [-0.2, 0) is 4.79 Å². The third-order valence-corrected chi connectivity index (χ3v) is 4.90. The maximum Gasteiger partial charge on any atom is 0.160 e. The van der Waals surface area contributed by atoms with Gasteiger partial charge >= 0.3 is 0 Å². The predicted octanol–water partition coefficient (Wildman–Crippen LogP) is 5.79. The molecule has 3 nitrogen and oxygen atoms in total. The Labute approximate surface area is 158 Å². The lowest BCUT2D eigenvalue weighted by Gasteiger charge is -2.30. The smallest absolute Gasteiger partial charge is 0.160 e. The molecule has 0 unspecified atom stereocenters. The van der Waals surface area contributed by atoms with Gasteiger partial charge in [0.25, 0.3) is 0 Å². The second-order valence-electron chi connectivity index (χ2n) is 6.80. The Kier molecular flexibility index (Phi) is 4.28. The lowest BCUT2D eigenvalue weighted by atomic mass is 9.79. The molecule has 3 aromatic rings. The number of carbonyl (C=O) groups excluding carboxylic acids is 1. The average Bonchev–Trinajstić information content (AvgIpc) is 2.68. The summed E-state index contributed by atoms with van der Waals surface area (Å²) in [4.78, 5) is 12.7. The zero-order valence-corrected chi connectivity index (χ0v) is 15.3. The van der Waals surface area contributed by atoms with Crippen molar-refractivity contribution in [2.45, 2.75) is 19.8 Å². The first kappa shape index (κ1) is 17.1. The molecule has 27 heavy (non-hydrogen) atoms. The first-order valence-electron chi connectivity index (χ1n) is 8.93. The number of Topliss-reactive ketones (excluding diaryl/α,β-unsaturated/α-hetero) is 1. The van der Waals surface area contributed by atoms with Crippen molar-refractivity contribution in [3.8, 4) is 11.5 Å². The van der Waals surface area contributed by atoms with Crippen LogP contribution in [0.2, 0.25) is 0 Å². The Hall–Kier alpha value is -3.33. The minimum Gasteiger partial charge on any atom is -0.507 e. The Morgan fingerprint density at radius 1 is 0.889 bits per heavy atom. The van der Waals surface area contributed by atoms with Crippen molar-refractivity contribution in [2.75, 3.05) is 0 Å². The molecule has 1 aliphatic heterocycles. The number of benzene rings is 3. The van der Waals surface area contributed by atoms with Crippen LogP contribution in [0.25, 0.3) is 5.76 Å². The van der Waals surface area contributed by atoms with Gasteiger partial charge in [-0.25, -0.2) is 0 Å². The minimum absolute atomic E-state index is 0.0114. The highest BCUT2D eigenvalue weighted by atomic mass is 16.5. The molecule has 1 N–H and O–H groups in total. The van der Waals surface area contributed by atoms with Gasteiger partial charge in [0.2, 0.25) is 0 Å². The molecule has 0 aliphatic carbocycles. The highest BCUT2D eigenvalue weighted by Gasteiger charge is 2.34. The normalized spacial score (nSPS) is 15.9. The SMILES string of the molecule is CC(=O)C(=C(O)c1ccccc1)[C@H]1c2ccccc2Oc2ccc(C)cc21. The van der Waals surface area contributed by atoms with Crippen LogP contribution in [0.3, 0.4) is 0 Å². The largest absolute Gasteiger partial charge is 0.507 e. The summed E-state index contributed by atoms with van der Waals surface area (Å²) in [5.74, 6) is 0.882. The number of aliphatic hydroxyl groups is 1. The maximum absolute atomic E-state index is 12.7. The van der Waals surface area contributed by atoms with E-state index in [-0.39, 0.29) is 17.5 Å². The summed E-state index contributed by atoms with van der Waals surface area (Å²) in [6, 6.07) is 22.8. The molecule has 0 fully saturated rings. The van der Waals surface area contributed by atoms with Gasteiger partial charge in [0.05, 0.1) is 0 Å². The summed E-state index contributed by atoms with van der Waals surface area (Å²) in [6.45, 7) is 3.51. The number of carbonyl (C=O) groups is 1. The number of rotatable bonds is 3. The molecule has 0 saturated carbocycles. The zero-order valence-electron chi connectivity index (χ0n) is 15.3. The topological polar surface area (TPSA) is 46.5 Å². The van der Waals surface area contributed by atoms with E-state index < -0.39 is 0 Å². The fourth-order valence-electron chi connectivity index (χ4n) is 3.65. The number of ketones is 1. The van der Waals surface area contributed by atoms with Crippen molar-refractivity contribution in [1.82, 2.24) is 0 Å². The van der Waals surface area contributed by atoms with E-state index in [1.165, 1.54) is 6.92 Å². The second-order valence-corrected chi connectivity index (χ2v) is 6.80. The molecule has 1 atom stereocenters. The fraction of sp³-hybridized carbons (Fsp3) is 0.125. The standard InChI is InChI=1S/C24H20O3/c1-15-12-13-21-19(14-15)23(18-10-6-7-11-20(18)27-21)22(16(2)25)24(26)17-8-4-3-5-9-17/h3-14,23,26H,1-2H3/t23-/m0/s1. The van der Waals surface area contributed by atoms with Crippen molar-refractivity contribution in [3.63, 3.8) is 0 Å². The van der Waals surface area contributed by atoms with Crippen LogP contribution in [0, 0.1) is 6.92 Å². The molecule has 0 spiro atoms. The van der Waals surface area contributed by atoms with Gasteiger partial charge in [-0.3, -0.25) is 4.79 Å². The van der Waals surface area contributed by atoms with E-state index in [0.717, 1.165) is 16.7 Å². The fourth-order valence-corrected chi connectivity index (χ4v) is 3.65. The van der Waals surface area contributed by atoms with Gasteiger partial charge in [-0.05, 0) is 26.0 Å². The molecule has 4 rings (SSSR count). The number of aliphatic hydroxyl groups excluding tert-OH is 1. The van der Waals surface area contributed by atoms with Crippen LogP contribution < -0.4 is 4.74 Å². The highest BCUT2D eigenvalue weighted by Crippen LogP contribution is 2.48. The number of ether oxygens (including phenoxy) is 1. The van der Waals surface area contributed by atoms with E-state index in [4.69, 9.17) is 4.74 Å².